The quantitative estimate of drug-likeness (QED) is 0.848. The summed E-state index contributed by atoms with van der Waals surface area (Å²) >= 11 is 1.98. The first-order valence-electron chi connectivity index (χ1n) is 8.42. The van der Waals surface area contributed by atoms with Crippen LogP contribution in [0.4, 0.5) is 0 Å². The van der Waals surface area contributed by atoms with Crippen molar-refractivity contribution in [2.45, 2.75) is 62.9 Å². The van der Waals surface area contributed by atoms with Gasteiger partial charge in [-0.1, -0.05) is 19.3 Å². The molecule has 1 saturated carbocycles. The molecular formula is C17H26N2S. The Kier molecular flexibility index (Phi) is 3.61. The molecule has 1 aromatic heterocycles. The first-order valence-corrected chi connectivity index (χ1v) is 9.30. The topological polar surface area (TPSA) is 15.3 Å². The van der Waals surface area contributed by atoms with Gasteiger partial charge in [-0.15, -0.1) is 11.3 Å². The van der Waals surface area contributed by atoms with Crippen LogP contribution in [-0.2, 0) is 6.42 Å². The summed E-state index contributed by atoms with van der Waals surface area (Å²) in [5, 5.41) is 6.19. The minimum absolute atomic E-state index is 0.449. The summed E-state index contributed by atoms with van der Waals surface area (Å²) < 4.78 is 0. The van der Waals surface area contributed by atoms with Crippen molar-refractivity contribution in [2.24, 2.45) is 0 Å². The van der Waals surface area contributed by atoms with Gasteiger partial charge in [-0.3, -0.25) is 4.90 Å². The minimum atomic E-state index is 0.449. The van der Waals surface area contributed by atoms with Crippen molar-refractivity contribution in [3.63, 3.8) is 0 Å². The molecule has 1 aliphatic heterocycles. The molecular weight excluding hydrogens is 264 g/mol. The van der Waals surface area contributed by atoms with E-state index in [1.807, 2.05) is 11.3 Å². The van der Waals surface area contributed by atoms with E-state index in [0.717, 1.165) is 0 Å². The van der Waals surface area contributed by atoms with Gasteiger partial charge >= 0.3 is 0 Å². The van der Waals surface area contributed by atoms with Crippen molar-refractivity contribution in [1.82, 2.24) is 10.2 Å². The summed E-state index contributed by atoms with van der Waals surface area (Å²) in [5.41, 5.74) is 2.11. The molecule has 1 atom stereocenters. The highest BCUT2D eigenvalue weighted by Crippen LogP contribution is 2.40. The van der Waals surface area contributed by atoms with Gasteiger partial charge in [0.15, 0.2) is 0 Å². The molecule has 3 heteroatoms. The van der Waals surface area contributed by atoms with Crippen molar-refractivity contribution < 1.29 is 0 Å². The third-order valence-electron chi connectivity index (χ3n) is 5.68. The normalized spacial score (nSPS) is 30.3. The fraction of sp³-hybridized carbons (Fsp3) is 0.765. The molecule has 1 unspecified atom stereocenters. The molecule has 0 radical (unpaired) electrons. The maximum atomic E-state index is 3.88. The molecule has 110 valence electrons. The van der Waals surface area contributed by atoms with E-state index in [1.165, 1.54) is 71.0 Å². The number of piperazine rings is 1. The zero-order valence-electron chi connectivity index (χ0n) is 12.4. The van der Waals surface area contributed by atoms with Crippen LogP contribution in [0.5, 0.6) is 0 Å². The molecule has 1 spiro atoms. The maximum Gasteiger partial charge on any atom is 0.0360 e. The Morgan fingerprint density at radius 2 is 2.10 bits per heavy atom. The Morgan fingerprint density at radius 1 is 1.20 bits per heavy atom. The van der Waals surface area contributed by atoms with Crippen LogP contribution >= 0.6 is 11.3 Å². The first kappa shape index (κ1) is 13.3. The highest BCUT2D eigenvalue weighted by atomic mass is 32.1. The van der Waals surface area contributed by atoms with Gasteiger partial charge in [0.25, 0.3) is 0 Å². The number of hydrogen-bond donors (Lipinski definition) is 1. The van der Waals surface area contributed by atoms with Crippen molar-refractivity contribution in [2.75, 3.05) is 19.6 Å². The van der Waals surface area contributed by atoms with E-state index in [9.17, 15) is 0 Å². The van der Waals surface area contributed by atoms with Crippen LogP contribution in [0.2, 0.25) is 0 Å². The number of nitrogens with one attached hydrogen (secondary N) is 1. The van der Waals surface area contributed by atoms with Crippen molar-refractivity contribution >= 4 is 11.3 Å². The van der Waals surface area contributed by atoms with Gasteiger partial charge in [0.1, 0.15) is 0 Å². The molecule has 2 fully saturated rings. The standard InChI is InChI=1S/C17H26N2S/c1-2-8-17(9-3-1)13-19(11-10-18-17)15-5-4-6-16-14(15)7-12-20-16/h7,12,15,18H,1-6,8-11,13H2. The smallest absolute Gasteiger partial charge is 0.0360 e. The Bertz CT molecular complexity index is 456. The summed E-state index contributed by atoms with van der Waals surface area (Å²) in [4.78, 5) is 4.48. The lowest BCUT2D eigenvalue weighted by atomic mass is 9.79. The van der Waals surface area contributed by atoms with Crippen LogP contribution in [0.3, 0.4) is 0 Å². The van der Waals surface area contributed by atoms with Crippen LogP contribution in [0.1, 0.15) is 61.4 Å². The molecule has 1 N–H and O–H groups in total. The second kappa shape index (κ2) is 5.43. The highest BCUT2D eigenvalue weighted by Gasteiger charge is 2.39. The number of hydrogen-bond acceptors (Lipinski definition) is 3. The number of nitrogens with zero attached hydrogens (tertiary/aromatic N) is 1. The van der Waals surface area contributed by atoms with Gasteiger partial charge in [-0.2, -0.15) is 0 Å². The minimum Gasteiger partial charge on any atom is -0.309 e. The van der Waals surface area contributed by atoms with Crippen LogP contribution in [-0.4, -0.2) is 30.1 Å². The average molecular weight is 290 g/mol. The van der Waals surface area contributed by atoms with Crippen molar-refractivity contribution in [1.29, 1.82) is 0 Å². The van der Waals surface area contributed by atoms with Gasteiger partial charge in [-0.05, 0) is 49.1 Å². The molecule has 4 rings (SSSR count). The van der Waals surface area contributed by atoms with Gasteiger partial charge in [0, 0.05) is 36.1 Å². The van der Waals surface area contributed by atoms with E-state index in [4.69, 9.17) is 0 Å². The Balaban J connectivity index is 1.54. The van der Waals surface area contributed by atoms with Crippen LogP contribution < -0.4 is 5.32 Å². The first-order chi connectivity index (χ1) is 9.86. The molecule has 3 aliphatic rings. The average Bonchev–Trinajstić information content (AvgIpc) is 2.96. The summed E-state index contributed by atoms with van der Waals surface area (Å²) in [6, 6.07) is 3.12. The fourth-order valence-corrected chi connectivity index (χ4v) is 5.64. The predicted molar refractivity (Wildman–Crippen MR) is 85.4 cm³/mol. The molecule has 0 aromatic carbocycles. The van der Waals surface area contributed by atoms with E-state index in [0.29, 0.717) is 11.6 Å². The zero-order chi connectivity index (χ0) is 13.4. The molecule has 0 bridgehead atoms. The lowest BCUT2D eigenvalue weighted by Crippen LogP contribution is -2.61. The second-order valence-electron chi connectivity index (χ2n) is 6.95. The molecule has 1 saturated heterocycles. The van der Waals surface area contributed by atoms with Crippen molar-refractivity contribution in [3.05, 3.63) is 21.9 Å². The lowest BCUT2D eigenvalue weighted by Gasteiger charge is -2.49. The number of rotatable bonds is 1. The number of aryl methyl sites for hydroxylation is 1. The summed E-state index contributed by atoms with van der Waals surface area (Å²) in [6.45, 7) is 3.71. The third kappa shape index (κ3) is 2.34. The molecule has 2 nitrogen and oxygen atoms in total. The fourth-order valence-electron chi connectivity index (χ4n) is 4.66. The molecule has 0 amide bonds. The Hall–Kier alpha value is -0.380. The van der Waals surface area contributed by atoms with E-state index in [1.54, 1.807) is 10.4 Å². The Morgan fingerprint density at radius 3 is 3.00 bits per heavy atom. The monoisotopic (exact) mass is 290 g/mol. The van der Waals surface area contributed by atoms with Crippen LogP contribution in [0, 0.1) is 0 Å². The second-order valence-corrected chi connectivity index (χ2v) is 7.95. The summed E-state index contributed by atoms with van der Waals surface area (Å²) in [7, 11) is 0. The molecule has 20 heavy (non-hydrogen) atoms. The number of thiophene rings is 1. The number of fused-ring (bicyclic) bond motifs is 1. The van der Waals surface area contributed by atoms with Crippen molar-refractivity contribution in [3.8, 4) is 0 Å². The van der Waals surface area contributed by atoms with Gasteiger partial charge < -0.3 is 5.32 Å². The lowest BCUT2D eigenvalue weighted by molar-refractivity contribution is 0.0615. The Labute approximate surface area is 126 Å². The van der Waals surface area contributed by atoms with E-state index in [2.05, 4.69) is 21.7 Å². The van der Waals surface area contributed by atoms with E-state index < -0.39 is 0 Å². The zero-order valence-corrected chi connectivity index (χ0v) is 13.2. The predicted octanol–water partition coefficient (Wildman–Crippen LogP) is 3.73. The highest BCUT2D eigenvalue weighted by molar-refractivity contribution is 7.10. The molecule has 1 aromatic rings. The van der Waals surface area contributed by atoms with Crippen LogP contribution in [0.25, 0.3) is 0 Å². The van der Waals surface area contributed by atoms with Gasteiger partial charge in [0.05, 0.1) is 0 Å². The molecule has 2 aliphatic carbocycles. The summed E-state index contributed by atoms with van der Waals surface area (Å²) in [6.07, 6.45) is 11.2. The van der Waals surface area contributed by atoms with Crippen LogP contribution in [0.15, 0.2) is 11.4 Å². The molecule has 2 heterocycles. The largest absolute Gasteiger partial charge is 0.309 e. The van der Waals surface area contributed by atoms with Gasteiger partial charge in [-0.25, -0.2) is 0 Å². The van der Waals surface area contributed by atoms with Gasteiger partial charge in [0.2, 0.25) is 0 Å². The summed E-state index contributed by atoms with van der Waals surface area (Å²) in [5.74, 6) is 0. The van der Waals surface area contributed by atoms with E-state index in [-0.39, 0.29) is 0 Å². The van der Waals surface area contributed by atoms with E-state index >= 15 is 0 Å². The maximum absolute atomic E-state index is 3.88. The third-order valence-corrected chi connectivity index (χ3v) is 6.67. The SMILES string of the molecule is c1cc2c(s1)CCCC2N1CCNC2(CCCCC2)C1.